The first-order chi connectivity index (χ1) is 11.5. The van der Waals surface area contributed by atoms with Gasteiger partial charge in [0, 0.05) is 17.4 Å². The minimum atomic E-state index is -0.594. The largest absolute Gasteiger partial charge is 0.377 e. The number of halogens is 2. The number of nitrogens with zero attached hydrogens (tertiary/aromatic N) is 3. The molecule has 0 amide bonds. The molecule has 0 saturated heterocycles. The number of nitrogens with two attached hydrogens (primary N) is 1. The number of benzene rings is 2. The van der Waals surface area contributed by atoms with E-state index in [0.29, 0.717) is 11.3 Å². The molecule has 2 rings (SSSR count). The van der Waals surface area contributed by atoms with Gasteiger partial charge in [-0.1, -0.05) is 65.3 Å². The summed E-state index contributed by atoms with van der Waals surface area (Å²) in [6, 6.07) is 12.3. The summed E-state index contributed by atoms with van der Waals surface area (Å²) < 4.78 is 0. The van der Waals surface area contributed by atoms with E-state index in [4.69, 9.17) is 28.9 Å². The van der Waals surface area contributed by atoms with Crippen LogP contribution in [0.5, 0.6) is 0 Å². The molecule has 0 unspecified atom stereocenters. The maximum atomic E-state index is 10.9. The van der Waals surface area contributed by atoms with Gasteiger partial charge in [-0.05, 0) is 11.6 Å². The van der Waals surface area contributed by atoms with Crippen molar-refractivity contribution in [1.82, 2.24) is 0 Å². The highest BCUT2D eigenvalue weighted by Gasteiger charge is 2.15. The molecule has 0 radical (unpaired) electrons. The van der Waals surface area contributed by atoms with Gasteiger partial charge in [0.05, 0.1) is 16.2 Å². The van der Waals surface area contributed by atoms with Gasteiger partial charge < -0.3 is 5.73 Å². The van der Waals surface area contributed by atoms with Crippen LogP contribution in [0.3, 0.4) is 0 Å². The lowest BCUT2D eigenvalue weighted by atomic mass is 10.2. The van der Waals surface area contributed by atoms with Gasteiger partial charge >= 0.3 is 0 Å². The van der Waals surface area contributed by atoms with Gasteiger partial charge in [-0.25, -0.2) is 0 Å². The van der Waals surface area contributed by atoms with Crippen molar-refractivity contribution >= 4 is 52.0 Å². The Kier molecular flexibility index (Phi) is 6.60. The number of nitro groups is 1. The Morgan fingerprint density at radius 2 is 1.96 bits per heavy atom. The Morgan fingerprint density at radius 1 is 1.25 bits per heavy atom. The highest BCUT2D eigenvalue weighted by Crippen LogP contribution is 2.29. The van der Waals surface area contributed by atoms with Gasteiger partial charge in [0.1, 0.15) is 5.02 Å². The van der Waals surface area contributed by atoms with Gasteiger partial charge in [0.15, 0.2) is 5.17 Å². The van der Waals surface area contributed by atoms with Crippen molar-refractivity contribution in [2.24, 2.45) is 15.9 Å². The normalized spacial score (nSPS) is 11.8. The van der Waals surface area contributed by atoms with Crippen LogP contribution in [0.25, 0.3) is 0 Å². The first-order valence-corrected chi connectivity index (χ1v) is 8.38. The Morgan fingerprint density at radius 3 is 2.62 bits per heavy atom. The molecule has 0 aliphatic heterocycles. The van der Waals surface area contributed by atoms with Crippen LogP contribution in [0.4, 0.5) is 5.69 Å². The van der Waals surface area contributed by atoms with Crippen molar-refractivity contribution < 1.29 is 4.92 Å². The molecule has 0 aliphatic rings. The third-order valence-corrected chi connectivity index (χ3v) is 4.33. The molecule has 0 bridgehead atoms. The maximum absolute atomic E-state index is 10.9. The van der Waals surface area contributed by atoms with E-state index in [1.165, 1.54) is 30.1 Å². The average molecular weight is 383 g/mol. The predicted molar refractivity (Wildman–Crippen MR) is 100 cm³/mol. The first-order valence-electron chi connectivity index (χ1n) is 6.64. The quantitative estimate of drug-likeness (QED) is 0.356. The minimum Gasteiger partial charge on any atom is -0.377 e. The molecule has 2 aromatic rings. The van der Waals surface area contributed by atoms with Gasteiger partial charge in [-0.15, -0.1) is 5.10 Å². The van der Waals surface area contributed by atoms with Crippen LogP contribution in [0, 0.1) is 10.1 Å². The molecular weight excluding hydrogens is 371 g/mol. The molecule has 0 spiro atoms. The van der Waals surface area contributed by atoms with Crippen LogP contribution in [-0.4, -0.2) is 16.3 Å². The smallest absolute Gasteiger partial charge is 0.288 e. The van der Waals surface area contributed by atoms with Crippen LogP contribution < -0.4 is 5.73 Å². The molecule has 2 N–H and O–H groups in total. The fourth-order valence-corrected chi connectivity index (χ4v) is 2.81. The molecule has 9 heteroatoms. The molecule has 2 aromatic carbocycles. The highest BCUT2D eigenvalue weighted by molar-refractivity contribution is 8.13. The van der Waals surface area contributed by atoms with Crippen LogP contribution in [0.1, 0.15) is 11.1 Å². The lowest BCUT2D eigenvalue weighted by Crippen LogP contribution is -2.06. The summed E-state index contributed by atoms with van der Waals surface area (Å²) in [5, 5.41) is 19.0. The second-order valence-electron chi connectivity index (χ2n) is 4.54. The average Bonchev–Trinajstić information content (AvgIpc) is 2.55. The van der Waals surface area contributed by atoms with E-state index in [-0.39, 0.29) is 20.9 Å². The Labute approximate surface area is 152 Å². The molecular formula is C15H12Cl2N4O2S. The van der Waals surface area contributed by atoms with E-state index in [2.05, 4.69) is 10.2 Å². The summed E-state index contributed by atoms with van der Waals surface area (Å²) in [7, 11) is 0. The first kappa shape index (κ1) is 18.3. The molecule has 6 nitrogen and oxygen atoms in total. The van der Waals surface area contributed by atoms with Crippen LogP contribution in [0.15, 0.2) is 52.7 Å². The summed E-state index contributed by atoms with van der Waals surface area (Å²) in [5.74, 6) is 0.666. The number of rotatable bonds is 5. The van der Waals surface area contributed by atoms with Crippen molar-refractivity contribution in [1.29, 1.82) is 0 Å². The molecule has 0 fully saturated rings. The van der Waals surface area contributed by atoms with Gasteiger partial charge in [-0.3, -0.25) is 10.1 Å². The summed E-state index contributed by atoms with van der Waals surface area (Å²) in [5.41, 5.74) is 6.95. The van der Waals surface area contributed by atoms with E-state index >= 15 is 0 Å². The van der Waals surface area contributed by atoms with Gasteiger partial charge in [0.25, 0.3) is 5.69 Å². The number of hydrogen-bond acceptors (Lipinski definition) is 5. The molecule has 0 aliphatic carbocycles. The zero-order valence-corrected chi connectivity index (χ0v) is 14.6. The van der Waals surface area contributed by atoms with E-state index in [0.717, 1.165) is 5.56 Å². The monoisotopic (exact) mass is 382 g/mol. The minimum absolute atomic E-state index is 0.0384. The number of amidine groups is 1. The third-order valence-electron chi connectivity index (χ3n) is 2.85. The SMILES string of the molecule is NC(=NN=Cc1cc([N+](=O)[O-])c(Cl)cc1Cl)SCc1ccccc1. The maximum Gasteiger partial charge on any atom is 0.288 e. The fraction of sp³-hybridized carbons (Fsp3) is 0.0667. The van der Waals surface area contributed by atoms with Crippen molar-refractivity contribution in [3.05, 3.63) is 73.8 Å². The lowest BCUT2D eigenvalue weighted by molar-refractivity contribution is -0.384. The number of hydrogen-bond donors (Lipinski definition) is 1. The zero-order chi connectivity index (χ0) is 17.5. The predicted octanol–water partition coefficient (Wildman–Crippen LogP) is 4.48. The third kappa shape index (κ3) is 5.23. The fourth-order valence-electron chi connectivity index (χ4n) is 1.70. The molecule has 0 saturated carbocycles. The highest BCUT2D eigenvalue weighted by atomic mass is 35.5. The second kappa shape index (κ2) is 8.68. The summed E-state index contributed by atoms with van der Waals surface area (Å²) >= 11 is 13.1. The van der Waals surface area contributed by atoms with E-state index in [1.807, 2.05) is 30.3 Å². The van der Waals surface area contributed by atoms with Crippen molar-refractivity contribution in [2.75, 3.05) is 0 Å². The van der Waals surface area contributed by atoms with Crippen LogP contribution in [-0.2, 0) is 5.75 Å². The van der Waals surface area contributed by atoms with Crippen LogP contribution in [0.2, 0.25) is 10.0 Å². The summed E-state index contributed by atoms with van der Waals surface area (Å²) in [6.07, 6.45) is 1.29. The van der Waals surface area contributed by atoms with E-state index < -0.39 is 4.92 Å². The second-order valence-corrected chi connectivity index (χ2v) is 6.35. The van der Waals surface area contributed by atoms with Crippen molar-refractivity contribution in [3.8, 4) is 0 Å². The Bertz CT molecular complexity index is 798. The van der Waals surface area contributed by atoms with Gasteiger partial charge in [-0.2, -0.15) is 5.10 Å². The van der Waals surface area contributed by atoms with E-state index in [9.17, 15) is 10.1 Å². The molecule has 124 valence electrons. The molecule has 0 atom stereocenters. The number of thioether (sulfide) groups is 1. The van der Waals surface area contributed by atoms with Crippen LogP contribution >= 0.6 is 35.0 Å². The number of nitro benzene ring substituents is 1. The zero-order valence-electron chi connectivity index (χ0n) is 12.2. The molecule has 0 heterocycles. The lowest BCUT2D eigenvalue weighted by Gasteiger charge is -2.00. The standard InChI is InChI=1S/C15H12Cl2N4O2S/c16-12-7-13(17)14(21(22)23)6-11(12)8-19-20-15(18)24-9-10-4-2-1-3-5-10/h1-8H,9H2,(H2,18,20). The summed E-state index contributed by atoms with van der Waals surface area (Å²) in [6.45, 7) is 0. The molecule has 24 heavy (non-hydrogen) atoms. The summed E-state index contributed by atoms with van der Waals surface area (Å²) in [4.78, 5) is 10.3. The van der Waals surface area contributed by atoms with Crippen molar-refractivity contribution in [3.63, 3.8) is 0 Å². The van der Waals surface area contributed by atoms with Crippen molar-refractivity contribution in [2.45, 2.75) is 5.75 Å². The molecule has 0 aromatic heterocycles. The Hall–Kier alpha value is -2.09. The topological polar surface area (TPSA) is 93.9 Å². The Balaban J connectivity index is 2.04. The van der Waals surface area contributed by atoms with Gasteiger partial charge in [0.2, 0.25) is 0 Å². The van der Waals surface area contributed by atoms with E-state index in [1.54, 1.807) is 0 Å².